The molecule has 0 bridgehead atoms. The topological polar surface area (TPSA) is 0 Å². The molecule has 9 atom stereocenters. The zero-order valence-electron chi connectivity index (χ0n) is 19.5. The molecule has 0 radical (unpaired) electrons. The minimum absolute atomic E-state index is 0.522. The van der Waals surface area contributed by atoms with Gasteiger partial charge in [0.05, 0.1) is 0 Å². The Bertz CT molecular complexity index is 644. The molecule has 0 spiro atoms. The van der Waals surface area contributed by atoms with Crippen LogP contribution >= 0.6 is 0 Å². The lowest BCUT2D eigenvalue weighted by Crippen LogP contribution is -2.62. The first kappa shape index (κ1) is 19.7. The molecule has 0 aromatic rings. The molecule has 0 nitrogen and oxygen atoms in total. The summed E-state index contributed by atoms with van der Waals surface area (Å²) in [4.78, 5) is 0. The highest BCUT2D eigenvalue weighted by Gasteiger charge is 2.65. The largest absolute Gasteiger partial charge is 0.103 e. The molecule has 158 valence electrons. The summed E-state index contributed by atoms with van der Waals surface area (Å²) in [5.74, 6) is 5.79. The lowest BCUT2D eigenvalue weighted by Gasteiger charge is -2.69. The van der Waals surface area contributed by atoms with E-state index in [0.29, 0.717) is 21.7 Å². The second-order valence-corrected chi connectivity index (χ2v) is 13.2. The average molecular weight is 383 g/mol. The summed E-state index contributed by atoms with van der Waals surface area (Å²) in [7, 11) is 0. The van der Waals surface area contributed by atoms with Crippen LogP contribution in [0.15, 0.2) is 12.7 Å². The van der Waals surface area contributed by atoms with Gasteiger partial charge in [-0.15, -0.1) is 6.58 Å². The molecule has 5 aliphatic carbocycles. The number of hydrogen-bond donors (Lipinski definition) is 0. The summed E-state index contributed by atoms with van der Waals surface area (Å²) < 4.78 is 0. The lowest BCUT2D eigenvalue weighted by atomic mass is 9.36. The van der Waals surface area contributed by atoms with Crippen molar-refractivity contribution < 1.29 is 0 Å². The molecule has 9 unspecified atom stereocenters. The molecule has 0 aromatic heterocycles. The van der Waals surface area contributed by atoms with Crippen LogP contribution in [-0.4, -0.2) is 0 Å². The summed E-state index contributed by atoms with van der Waals surface area (Å²) in [6.07, 6.45) is 18.8. The van der Waals surface area contributed by atoms with Gasteiger partial charge in [-0.2, -0.15) is 0 Å². The van der Waals surface area contributed by atoms with Crippen LogP contribution in [0.2, 0.25) is 0 Å². The van der Waals surface area contributed by atoms with Gasteiger partial charge in [-0.05, 0) is 121 Å². The van der Waals surface area contributed by atoms with Gasteiger partial charge in [-0.3, -0.25) is 0 Å². The zero-order valence-corrected chi connectivity index (χ0v) is 19.5. The summed E-state index contributed by atoms with van der Waals surface area (Å²) >= 11 is 0. The molecule has 5 aliphatic rings. The van der Waals surface area contributed by atoms with Gasteiger partial charge in [-0.25, -0.2) is 0 Å². The van der Waals surface area contributed by atoms with Crippen molar-refractivity contribution >= 4 is 0 Å². The quantitative estimate of drug-likeness (QED) is 0.400. The molecule has 5 rings (SSSR count). The fraction of sp³-hybridized carbons (Fsp3) is 0.929. The maximum Gasteiger partial charge on any atom is -0.00898 e. The molecule has 5 saturated carbocycles. The van der Waals surface area contributed by atoms with Crippen LogP contribution in [0, 0.1) is 57.2 Å². The normalized spacial score (nSPS) is 57.5. The fourth-order valence-corrected chi connectivity index (χ4v) is 10.8. The van der Waals surface area contributed by atoms with Crippen molar-refractivity contribution in [3.63, 3.8) is 0 Å². The van der Waals surface area contributed by atoms with Gasteiger partial charge < -0.3 is 0 Å². The Hall–Kier alpha value is -0.260. The smallest absolute Gasteiger partial charge is 0.00898 e. The average Bonchev–Trinajstić information content (AvgIpc) is 3.10. The molecular formula is C28H46. The van der Waals surface area contributed by atoms with E-state index in [1.807, 2.05) is 0 Å². The van der Waals surface area contributed by atoms with E-state index in [0.717, 1.165) is 35.5 Å². The van der Waals surface area contributed by atoms with Crippen molar-refractivity contribution in [2.75, 3.05) is 0 Å². The third-order valence-corrected chi connectivity index (χ3v) is 12.5. The van der Waals surface area contributed by atoms with E-state index in [1.54, 1.807) is 0 Å². The highest BCUT2D eigenvalue weighted by Crippen LogP contribution is 2.73. The fourth-order valence-electron chi connectivity index (χ4n) is 10.8. The van der Waals surface area contributed by atoms with Crippen molar-refractivity contribution in [1.82, 2.24) is 0 Å². The maximum atomic E-state index is 4.34. The molecule has 0 aromatic carbocycles. The minimum atomic E-state index is 0.522. The second-order valence-electron chi connectivity index (χ2n) is 13.2. The van der Waals surface area contributed by atoms with E-state index < -0.39 is 0 Å². The molecule has 0 aliphatic heterocycles. The van der Waals surface area contributed by atoms with E-state index in [-0.39, 0.29) is 0 Å². The highest BCUT2D eigenvalue weighted by molar-refractivity contribution is 5.16. The van der Waals surface area contributed by atoms with Gasteiger partial charge in [0.2, 0.25) is 0 Å². The van der Waals surface area contributed by atoms with Crippen molar-refractivity contribution in [1.29, 1.82) is 0 Å². The SMILES string of the molecule is C=CC12CCCC1C1CCC3C(C)(CCC4C(C)(C)C(C)CCC43C)C1CC2. The van der Waals surface area contributed by atoms with Crippen LogP contribution in [0.3, 0.4) is 0 Å². The Morgan fingerprint density at radius 1 is 0.714 bits per heavy atom. The molecule has 5 fully saturated rings. The second kappa shape index (κ2) is 6.13. The number of allylic oxidation sites excluding steroid dienone is 1. The molecule has 0 heteroatoms. The van der Waals surface area contributed by atoms with Crippen LogP contribution in [0.5, 0.6) is 0 Å². The van der Waals surface area contributed by atoms with Gasteiger partial charge >= 0.3 is 0 Å². The Morgan fingerprint density at radius 2 is 1.46 bits per heavy atom. The Morgan fingerprint density at radius 3 is 2.21 bits per heavy atom. The van der Waals surface area contributed by atoms with Crippen molar-refractivity contribution in [2.45, 2.75) is 105 Å². The van der Waals surface area contributed by atoms with Crippen molar-refractivity contribution in [3.05, 3.63) is 12.7 Å². The first-order chi connectivity index (χ1) is 13.2. The third kappa shape index (κ3) is 2.30. The van der Waals surface area contributed by atoms with Crippen molar-refractivity contribution in [3.8, 4) is 0 Å². The van der Waals surface area contributed by atoms with E-state index in [1.165, 1.54) is 70.6 Å². The molecular weight excluding hydrogens is 336 g/mol. The number of fused-ring (bicyclic) bond motifs is 7. The van der Waals surface area contributed by atoms with Gasteiger partial charge in [-0.1, -0.05) is 47.1 Å². The van der Waals surface area contributed by atoms with E-state index in [9.17, 15) is 0 Å². The predicted molar refractivity (Wildman–Crippen MR) is 120 cm³/mol. The third-order valence-electron chi connectivity index (χ3n) is 12.5. The first-order valence-corrected chi connectivity index (χ1v) is 12.8. The first-order valence-electron chi connectivity index (χ1n) is 12.8. The summed E-state index contributed by atoms with van der Waals surface area (Å²) in [5.41, 5.74) is 2.26. The van der Waals surface area contributed by atoms with Gasteiger partial charge in [0.1, 0.15) is 0 Å². The zero-order chi connectivity index (χ0) is 19.9. The maximum absolute atomic E-state index is 4.34. The van der Waals surface area contributed by atoms with Gasteiger partial charge in [0.25, 0.3) is 0 Å². The lowest BCUT2D eigenvalue weighted by molar-refractivity contribution is -0.201. The highest BCUT2D eigenvalue weighted by atomic mass is 14.7. The Labute approximate surface area is 175 Å². The van der Waals surface area contributed by atoms with Crippen molar-refractivity contribution in [2.24, 2.45) is 57.2 Å². The van der Waals surface area contributed by atoms with Crippen LogP contribution < -0.4 is 0 Å². The molecule has 0 amide bonds. The molecule has 28 heavy (non-hydrogen) atoms. The Kier molecular flexibility index (Phi) is 4.31. The standard InChI is InChI=1S/C28H46/c1-7-28-15-8-9-22(28)20-10-11-24-26(5,21(20)13-18-28)17-14-23-25(3,4)19(2)12-16-27(23,24)6/h7,19-24H,1,8-18H2,2-6H3. The van der Waals surface area contributed by atoms with Crippen LogP contribution in [0.25, 0.3) is 0 Å². The molecule has 0 saturated heterocycles. The monoisotopic (exact) mass is 382 g/mol. The van der Waals surface area contributed by atoms with E-state index >= 15 is 0 Å². The predicted octanol–water partition coefficient (Wildman–Crippen LogP) is 8.27. The van der Waals surface area contributed by atoms with Crippen LogP contribution in [0.4, 0.5) is 0 Å². The van der Waals surface area contributed by atoms with Gasteiger partial charge in [0.15, 0.2) is 0 Å². The molecule has 0 heterocycles. The summed E-state index contributed by atoms with van der Waals surface area (Å²) in [5, 5.41) is 0. The van der Waals surface area contributed by atoms with E-state index in [4.69, 9.17) is 0 Å². The minimum Gasteiger partial charge on any atom is -0.103 e. The number of hydrogen-bond acceptors (Lipinski definition) is 0. The van der Waals surface area contributed by atoms with Crippen LogP contribution in [0.1, 0.15) is 105 Å². The van der Waals surface area contributed by atoms with Gasteiger partial charge in [0, 0.05) is 0 Å². The Balaban J connectivity index is 1.48. The summed E-state index contributed by atoms with van der Waals surface area (Å²) in [6.45, 7) is 17.6. The number of rotatable bonds is 1. The molecule has 0 N–H and O–H groups in total. The van der Waals surface area contributed by atoms with Crippen LogP contribution in [-0.2, 0) is 0 Å². The summed E-state index contributed by atoms with van der Waals surface area (Å²) in [6, 6.07) is 0. The van der Waals surface area contributed by atoms with E-state index in [2.05, 4.69) is 47.3 Å².